The standard InChI is InChI=1S/C19H20N2O4/c1-2-25-15-9-11(3-8-14(15)22)10-20-21-18(23)16-12-4-5-13(7-6-12)17(16)19(21)24/h3-5,8-10,12-13,16-17,22H,2,6-7H2,1H3/b20-10-/t12-,13+,16-,17+. The van der Waals surface area contributed by atoms with Gasteiger partial charge in [0, 0.05) is 0 Å². The van der Waals surface area contributed by atoms with Crippen molar-refractivity contribution in [3.63, 3.8) is 0 Å². The Bertz CT molecular complexity index is 754. The summed E-state index contributed by atoms with van der Waals surface area (Å²) < 4.78 is 5.34. The highest BCUT2D eigenvalue weighted by atomic mass is 16.5. The molecule has 1 aromatic rings. The Hall–Kier alpha value is -2.63. The minimum Gasteiger partial charge on any atom is -0.504 e. The minimum atomic E-state index is -0.257. The predicted octanol–water partition coefficient (Wildman–Crippen LogP) is 2.32. The molecule has 5 rings (SSSR count). The molecule has 2 fully saturated rings. The van der Waals surface area contributed by atoms with Gasteiger partial charge in [-0.15, -0.1) is 0 Å². The van der Waals surface area contributed by atoms with E-state index in [1.54, 1.807) is 12.1 Å². The van der Waals surface area contributed by atoms with E-state index in [9.17, 15) is 14.7 Å². The number of amides is 2. The molecule has 0 aromatic heterocycles. The molecule has 3 aliphatic carbocycles. The summed E-state index contributed by atoms with van der Waals surface area (Å²) in [7, 11) is 0. The van der Waals surface area contributed by atoms with Gasteiger partial charge in [0.25, 0.3) is 11.8 Å². The van der Waals surface area contributed by atoms with Gasteiger partial charge in [-0.2, -0.15) is 10.1 Å². The van der Waals surface area contributed by atoms with Gasteiger partial charge in [-0.05, 0) is 55.4 Å². The number of hydrazone groups is 1. The summed E-state index contributed by atoms with van der Waals surface area (Å²) in [6, 6.07) is 4.79. The quantitative estimate of drug-likeness (QED) is 0.518. The first-order valence-electron chi connectivity index (χ1n) is 8.66. The van der Waals surface area contributed by atoms with Gasteiger partial charge in [0.1, 0.15) is 0 Å². The van der Waals surface area contributed by atoms with Gasteiger partial charge in [-0.1, -0.05) is 12.2 Å². The van der Waals surface area contributed by atoms with Crippen molar-refractivity contribution in [3.8, 4) is 11.5 Å². The summed E-state index contributed by atoms with van der Waals surface area (Å²) in [5, 5.41) is 14.9. The van der Waals surface area contributed by atoms with E-state index in [2.05, 4.69) is 17.3 Å². The predicted molar refractivity (Wildman–Crippen MR) is 91.1 cm³/mol. The van der Waals surface area contributed by atoms with Gasteiger partial charge >= 0.3 is 0 Å². The third kappa shape index (κ3) is 2.52. The van der Waals surface area contributed by atoms with E-state index in [1.165, 1.54) is 12.3 Å². The normalized spacial score (nSPS) is 30.4. The maximum atomic E-state index is 12.7. The van der Waals surface area contributed by atoms with Crippen LogP contribution in [0.1, 0.15) is 25.3 Å². The molecule has 2 bridgehead atoms. The lowest BCUT2D eigenvalue weighted by Gasteiger charge is -2.37. The lowest BCUT2D eigenvalue weighted by Crippen LogP contribution is -2.38. The van der Waals surface area contributed by atoms with Crippen molar-refractivity contribution in [3.05, 3.63) is 35.9 Å². The van der Waals surface area contributed by atoms with Gasteiger partial charge in [0.2, 0.25) is 0 Å². The molecular formula is C19H20N2O4. The average Bonchev–Trinajstić information content (AvgIpc) is 2.90. The second-order valence-corrected chi connectivity index (χ2v) is 6.73. The first kappa shape index (κ1) is 15.9. The first-order valence-corrected chi connectivity index (χ1v) is 8.66. The van der Waals surface area contributed by atoms with Gasteiger partial charge in [-0.3, -0.25) is 9.59 Å². The van der Waals surface area contributed by atoms with Crippen LogP contribution >= 0.6 is 0 Å². The highest BCUT2D eigenvalue weighted by Crippen LogP contribution is 2.49. The number of fused-ring (bicyclic) bond motifs is 1. The molecular weight excluding hydrogens is 320 g/mol. The van der Waals surface area contributed by atoms with Crippen LogP contribution in [0.25, 0.3) is 0 Å². The van der Waals surface area contributed by atoms with Crippen molar-refractivity contribution < 1.29 is 19.4 Å². The van der Waals surface area contributed by atoms with Gasteiger partial charge in [0.15, 0.2) is 11.5 Å². The number of carbonyl (C=O) groups is 2. The van der Waals surface area contributed by atoms with Crippen molar-refractivity contribution in [2.45, 2.75) is 19.8 Å². The fourth-order valence-corrected chi connectivity index (χ4v) is 4.18. The van der Waals surface area contributed by atoms with Crippen molar-refractivity contribution in [2.75, 3.05) is 6.61 Å². The van der Waals surface area contributed by atoms with Crippen LogP contribution in [0, 0.1) is 23.7 Å². The van der Waals surface area contributed by atoms with Crippen LogP contribution in [-0.4, -0.2) is 34.8 Å². The molecule has 6 heteroatoms. The monoisotopic (exact) mass is 340 g/mol. The third-order valence-corrected chi connectivity index (χ3v) is 5.34. The van der Waals surface area contributed by atoms with Crippen LogP contribution in [0.2, 0.25) is 0 Å². The zero-order valence-electron chi connectivity index (χ0n) is 14.0. The molecule has 0 unspecified atom stereocenters. The zero-order valence-corrected chi connectivity index (χ0v) is 14.0. The Labute approximate surface area is 145 Å². The molecule has 25 heavy (non-hydrogen) atoms. The van der Waals surface area contributed by atoms with Crippen LogP contribution in [0.15, 0.2) is 35.5 Å². The SMILES string of the molecule is CCOc1cc(/C=N\N2C(=O)[C@@H]3[C@H](C2=O)[C@@H]2C=C[C@H]3CC2)ccc1O. The van der Waals surface area contributed by atoms with E-state index in [0.29, 0.717) is 17.9 Å². The second-order valence-electron chi connectivity index (χ2n) is 6.73. The Morgan fingerprint density at radius 1 is 1.20 bits per heavy atom. The highest BCUT2D eigenvalue weighted by molar-refractivity contribution is 6.06. The van der Waals surface area contributed by atoms with Crippen molar-refractivity contribution in [2.24, 2.45) is 28.8 Å². The number of nitrogens with zero attached hydrogens (tertiary/aromatic N) is 2. The fourth-order valence-electron chi connectivity index (χ4n) is 4.18. The number of hydrogen-bond donors (Lipinski definition) is 1. The maximum Gasteiger partial charge on any atom is 0.254 e. The number of carbonyl (C=O) groups excluding carboxylic acids is 2. The molecule has 4 aliphatic rings. The summed E-state index contributed by atoms with van der Waals surface area (Å²) in [5.41, 5.74) is 0.651. The zero-order chi connectivity index (χ0) is 17.6. The second kappa shape index (κ2) is 6.02. The summed E-state index contributed by atoms with van der Waals surface area (Å²) >= 11 is 0. The summed E-state index contributed by atoms with van der Waals surface area (Å²) in [6.45, 7) is 2.25. The molecule has 1 aliphatic heterocycles. The summed E-state index contributed by atoms with van der Waals surface area (Å²) in [5.74, 6) is -0.209. The van der Waals surface area contributed by atoms with Crippen LogP contribution in [-0.2, 0) is 9.59 Å². The first-order chi connectivity index (χ1) is 12.1. The van der Waals surface area contributed by atoms with E-state index >= 15 is 0 Å². The smallest absolute Gasteiger partial charge is 0.254 e. The number of phenolic OH excluding ortho intramolecular Hbond substituents is 1. The van der Waals surface area contributed by atoms with E-state index in [1.807, 2.05) is 6.92 Å². The number of benzene rings is 1. The van der Waals surface area contributed by atoms with E-state index < -0.39 is 0 Å². The average molecular weight is 340 g/mol. The molecule has 130 valence electrons. The number of hydrogen-bond acceptors (Lipinski definition) is 5. The van der Waals surface area contributed by atoms with Gasteiger partial charge in [0.05, 0.1) is 24.7 Å². The molecule has 1 saturated carbocycles. The van der Waals surface area contributed by atoms with Crippen molar-refractivity contribution in [1.29, 1.82) is 0 Å². The van der Waals surface area contributed by atoms with Crippen LogP contribution < -0.4 is 4.74 Å². The van der Waals surface area contributed by atoms with Crippen LogP contribution in [0.4, 0.5) is 0 Å². The topological polar surface area (TPSA) is 79.2 Å². The molecule has 6 nitrogen and oxygen atoms in total. The van der Waals surface area contributed by atoms with Gasteiger partial charge < -0.3 is 9.84 Å². The molecule has 4 atom stereocenters. The Morgan fingerprint density at radius 3 is 2.40 bits per heavy atom. The van der Waals surface area contributed by atoms with E-state index in [0.717, 1.165) is 17.9 Å². The largest absolute Gasteiger partial charge is 0.504 e. The van der Waals surface area contributed by atoms with E-state index in [4.69, 9.17) is 4.74 Å². The minimum absolute atomic E-state index is 0.0426. The van der Waals surface area contributed by atoms with E-state index in [-0.39, 0.29) is 41.2 Å². The molecule has 1 heterocycles. The number of rotatable bonds is 4. The number of aromatic hydroxyl groups is 1. The fraction of sp³-hybridized carbons (Fsp3) is 0.421. The summed E-state index contributed by atoms with van der Waals surface area (Å²) in [6.07, 6.45) is 7.57. The van der Waals surface area contributed by atoms with Crippen molar-refractivity contribution >= 4 is 18.0 Å². The number of phenols is 1. The molecule has 1 saturated heterocycles. The molecule has 2 amide bonds. The number of ether oxygens (including phenoxy) is 1. The third-order valence-electron chi connectivity index (χ3n) is 5.34. The van der Waals surface area contributed by atoms with Crippen LogP contribution in [0.5, 0.6) is 11.5 Å². The Balaban J connectivity index is 1.57. The number of allylic oxidation sites excluding steroid dienone is 2. The maximum absolute atomic E-state index is 12.7. The van der Waals surface area contributed by atoms with Gasteiger partial charge in [-0.25, -0.2) is 0 Å². The Morgan fingerprint density at radius 2 is 1.84 bits per heavy atom. The highest BCUT2D eigenvalue weighted by Gasteiger charge is 2.56. The molecule has 0 spiro atoms. The lowest BCUT2D eigenvalue weighted by atomic mass is 9.63. The molecule has 1 N–H and O–H groups in total. The number of imide groups is 1. The van der Waals surface area contributed by atoms with Crippen molar-refractivity contribution in [1.82, 2.24) is 5.01 Å². The van der Waals surface area contributed by atoms with Crippen LogP contribution in [0.3, 0.4) is 0 Å². The lowest BCUT2D eigenvalue weighted by molar-refractivity contribution is -0.140. The molecule has 1 aromatic carbocycles. The molecule has 0 radical (unpaired) electrons. The summed E-state index contributed by atoms with van der Waals surface area (Å²) in [4.78, 5) is 25.4. The Kier molecular flexibility index (Phi) is 3.82.